The minimum atomic E-state index is -0.236. The van der Waals surface area contributed by atoms with Crippen molar-refractivity contribution in [2.45, 2.75) is 6.92 Å². The lowest BCUT2D eigenvalue weighted by Crippen LogP contribution is -1.95. The second kappa shape index (κ2) is 3.79. The van der Waals surface area contributed by atoms with Gasteiger partial charge in [0.1, 0.15) is 6.07 Å². The zero-order valence-electron chi connectivity index (χ0n) is 7.87. The number of methoxy groups -OCH3 is 1. The first-order valence-electron chi connectivity index (χ1n) is 3.92. The van der Waals surface area contributed by atoms with E-state index in [0.29, 0.717) is 5.56 Å². The van der Waals surface area contributed by atoms with Gasteiger partial charge in [-0.1, -0.05) is 0 Å². The number of aromatic hydroxyl groups is 1. The quantitative estimate of drug-likeness (QED) is 0.718. The molecular weight excluding hydrogens is 182 g/mol. The Hall–Kier alpha value is -2.02. The van der Waals surface area contributed by atoms with Crippen LogP contribution in [-0.4, -0.2) is 18.0 Å². The predicted molar refractivity (Wildman–Crippen MR) is 49.4 cm³/mol. The van der Waals surface area contributed by atoms with Crippen LogP contribution in [0.5, 0.6) is 11.5 Å². The van der Waals surface area contributed by atoms with Crippen LogP contribution in [0.3, 0.4) is 0 Å². The monoisotopic (exact) mass is 191 g/mol. The lowest BCUT2D eigenvalue weighted by atomic mass is 10.1. The highest BCUT2D eigenvalue weighted by Crippen LogP contribution is 2.30. The van der Waals surface area contributed by atoms with Crippen molar-refractivity contribution in [3.05, 3.63) is 23.3 Å². The summed E-state index contributed by atoms with van der Waals surface area (Å²) in [5, 5.41) is 18.1. The smallest absolute Gasteiger partial charge is 0.175 e. The van der Waals surface area contributed by atoms with Crippen LogP contribution in [-0.2, 0) is 0 Å². The lowest BCUT2D eigenvalue weighted by Gasteiger charge is -2.06. The Balaban J connectivity index is 3.41. The van der Waals surface area contributed by atoms with Gasteiger partial charge >= 0.3 is 0 Å². The molecule has 0 bridgehead atoms. The van der Waals surface area contributed by atoms with Crippen molar-refractivity contribution in [2.75, 3.05) is 7.11 Å². The number of carbonyl (C=O) groups excluding carboxylic acids is 1. The summed E-state index contributed by atoms with van der Waals surface area (Å²) in [7, 11) is 1.36. The molecule has 72 valence electrons. The number of phenols is 1. The summed E-state index contributed by atoms with van der Waals surface area (Å²) in [5.41, 5.74) is 0.380. The van der Waals surface area contributed by atoms with E-state index in [-0.39, 0.29) is 22.8 Å². The summed E-state index contributed by atoms with van der Waals surface area (Å²) in [6.45, 7) is 1.38. The molecule has 0 unspecified atom stereocenters. The van der Waals surface area contributed by atoms with Gasteiger partial charge in [-0.15, -0.1) is 0 Å². The van der Waals surface area contributed by atoms with Gasteiger partial charge in [-0.05, 0) is 19.1 Å². The van der Waals surface area contributed by atoms with E-state index in [1.807, 2.05) is 0 Å². The minimum absolute atomic E-state index is 0.0366. The molecule has 0 aromatic heterocycles. The van der Waals surface area contributed by atoms with Crippen molar-refractivity contribution in [3.63, 3.8) is 0 Å². The van der Waals surface area contributed by atoms with Crippen LogP contribution in [0.2, 0.25) is 0 Å². The molecule has 0 saturated heterocycles. The molecule has 1 rings (SSSR count). The standard InChI is InChI=1S/C10H9NO3/c1-6(12)7-3-8(5-11)10(13)9(4-7)14-2/h3-4,13H,1-2H3. The molecule has 0 heterocycles. The Morgan fingerprint density at radius 1 is 1.57 bits per heavy atom. The number of nitriles is 1. The second-order valence-electron chi connectivity index (χ2n) is 2.74. The van der Waals surface area contributed by atoms with Crippen molar-refractivity contribution in [1.29, 1.82) is 5.26 Å². The van der Waals surface area contributed by atoms with E-state index in [9.17, 15) is 9.90 Å². The van der Waals surface area contributed by atoms with E-state index in [2.05, 4.69) is 0 Å². The van der Waals surface area contributed by atoms with Crippen LogP contribution >= 0.6 is 0 Å². The molecular formula is C10H9NO3. The zero-order valence-corrected chi connectivity index (χ0v) is 7.87. The van der Waals surface area contributed by atoms with Crippen LogP contribution < -0.4 is 4.74 Å². The molecule has 0 saturated carbocycles. The van der Waals surface area contributed by atoms with Crippen LogP contribution in [0.25, 0.3) is 0 Å². The average Bonchev–Trinajstić information content (AvgIpc) is 2.17. The molecule has 1 aromatic carbocycles. The highest BCUT2D eigenvalue weighted by molar-refractivity contribution is 5.95. The molecule has 0 radical (unpaired) electrons. The first-order chi connectivity index (χ1) is 6.60. The van der Waals surface area contributed by atoms with Gasteiger partial charge < -0.3 is 9.84 Å². The molecule has 4 nitrogen and oxygen atoms in total. The summed E-state index contributed by atoms with van der Waals surface area (Å²) in [6, 6.07) is 4.52. The highest BCUT2D eigenvalue weighted by Gasteiger charge is 2.11. The van der Waals surface area contributed by atoms with Crippen molar-refractivity contribution in [2.24, 2.45) is 0 Å². The van der Waals surface area contributed by atoms with Crippen LogP contribution in [0.15, 0.2) is 12.1 Å². The maximum Gasteiger partial charge on any atom is 0.175 e. The molecule has 0 aliphatic heterocycles. The van der Waals surface area contributed by atoms with E-state index in [1.165, 1.54) is 26.2 Å². The van der Waals surface area contributed by atoms with E-state index in [1.54, 1.807) is 6.07 Å². The Morgan fingerprint density at radius 2 is 2.21 bits per heavy atom. The van der Waals surface area contributed by atoms with Gasteiger partial charge in [0.25, 0.3) is 0 Å². The SMILES string of the molecule is COc1cc(C(C)=O)cc(C#N)c1O. The lowest BCUT2D eigenvalue weighted by molar-refractivity contribution is 0.101. The summed E-state index contributed by atoms with van der Waals surface area (Å²) in [4.78, 5) is 11.0. The molecule has 0 aliphatic carbocycles. The van der Waals surface area contributed by atoms with E-state index in [4.69, 9.17) is 10.00 Å². The number of hydrogen-bond donors (Lipinski definition) is 1. The summed E-state index contributed by atoms with van der Waals surface area (Å²) < 4.78 is 4.82. The Bertz CT molecular complexity index is 418. The minimum Gasteiger partial charge on any atom is -0.503 e. The Kier molecular flexibility index (Phi) is 2.73. The molecule has 1 N–H and O–H groups in total. The molecule has 0 aliphatic rings. The summed E-state index contributed by atoms with van der Waals surface area (Å²) >= 11 is 0. The fourth-order valence-electron chi connectivity index (χ4n) is 1.05. The molecule has 1 aromatic rings. The second-order valence-corrected chi connectivity index (χ2v) is 2.74. The Morgan fingerprint density at radius 3 is 2.64 bits per heavy atom. The van der Waals surface area contributed by atoms with Gasteiger partial charge in [0.15, 0.2) is 17.3 Å². The number of carbonyl (C=O) groups is 1. The number of phenolic OH excluding ortho intramolecular Hbond substituents is 1. The molecule has 0 amide bonds. The van der Waals surface area contributed by atoms with Crippen molar-refractivity contribution < 1.29 is 14.6 Å². The zero-order chi connectivity index (χ0) is 10.7. The molecule has 4 heteroatoms. The predicted octanol–water partition coefficient (Wildman–Crippen LogP) is 1.48. The van der Waals surface area contributed by atoms with Gasteiger partial charge in [-0.3, -0.25) is 4.79 Å². The third-order valence-corrected chi connectivity index (χ3v) is 1.82. The number of ketones is 1. The van der Waals surface area contributed by atoms with E-state index in [0.717, 1.165) is 0 Å². The first-order valence-corrected chi connectivity index (χ1v) is 3.92. The van der Waals surface area contributed by atoms with Crippen LogP contribution in [0.1, 0.15) is 22.8 Å². The number of hydrogen-bond acceptors (Lipinski definition) is 4. The van der Waals surface area contributed by atoms with E-state index >= 15 is 0 Å². The normalized spacial score (nSPS) is 9.21. The van der Waals surface area contributed by atoms with E-state index < -0.39 is 0 Å². The topological polar surface area (TPSA) is 70.3 Å². The summed E-state index contributed by atoms with van der Waals surface area (Å²) in [6.07, 6.45) is 0. The number of ether oxygens (including phenoxy) is 1. The third-order valence-electron chi connectivity index (χ3n) is 1.82. The number of Topliss-reactive ketones (excluding diaryl/α,β-unsaturated/α-hetero) is 1. The van der Waals surface area contributed by atoms with Gasteiger partial charge in [0.05, 0.1) is 12.7 Å². The van der Waals surface area contributed by atoms with Crippen molar-refractivity contribution in [1.82, 2.24) is 0 Å². The largest absolute Gasteiger partial charge is 0.503 e. The molecule has 14 heavy (non-hydrogen) atoms. The number of benzene rings is 1. The maximum atomic E-state index is 11.0. The van der Waals surface area contributed by atoms with Gasteiger partial charge in [-0.25, -0.2) is 0 Å². The third kappa shape index (κ3) is 1.67. The van der Waals surface area contributed by atoms with Gasteiger partial charge in [-0.2, -0.15) is 5.26 Å². The van der Waals surface area contributed by atoms with Gasteiger partial charge in [0.2, 0.25) is 0 Å². The fraction of sp³-hybridized carbons (Fsp3) is 0.200. The molecule has 0 spiro atoms. The maximum absolute atomic E-state index is 11.0. The van der Waals surface area contributed by atoms with Crippen LogP contribution in [0, 0.1) is 11.3 Å². The summed E-state index contributed by atoms with van der Waals surface area (Å²) in [5.74, 6) is -0.283. The van der Waals surface area contributed by atoms with Crippen molar-refractivity contribution >= 4 is 5.78 Å². The molecule has 0 atom stereocenters. The van der Waals surface area contributed by atoms with Gasteiger partial charge in [0, 0.05) is 5.56 Å². The fourth-order valence-corrected chi connectivity index (χ4v) is 1.05. The first kappa shape index (κ1) is 10.1. The number of nitrogens with zero attached hydrogens (tertiary/aromatic N) is 1. The van der Waals surface area contributed by atoms with Crippen molar-refractivity contribution in [3.8, 4) is 17.6 Å². The average molecular weight is 191 g/mol. The molecule has 0 fully saturated rings. The number of rotatable bonds is 2. The highest BCUT2D eigenvalue weighted by atomic mass is 16.5. The Labute approximate surface area is 81.4 Å². The van der Waals surface area contributed by atoms with Crippen LogP contribution in [0.4, 0.5) is 0 Å².